The van der Waals surface area contributed by atoms with Gasteiger partial charge in [-0.15, -0.1) is 0 Å². The molecular weight excluding hydrogens is 376 g/mol. The Morgan fingerprint density at radius 3 is 1.11 bits per heavy atom. The molecule has 0 bridgehead atoms. The minimum absolute atomic E-state index is 0.997. The van der Waals surface area contributed by atoms with Crippen molar-refractivity contribution in [3.8, 4) is 0 Å². The van der Waals surface area contributed by atoms with E-state index in [1.807, 2.05) is 0 Å². The molecule has 7 heteroatoms. The smallest absolute Gasteiger partial charge is 0.372 e. The van der Waals surface area contributed by atoms with E-state index < -0.39 is 10.4 Å². The zero-order valence-corrected chi connectivity index (χ0v) is 18.0. The SMILES string of the molecule is CCN(CC)c1ccc(Cc2ccc(N(CC)CC)cc2)cc1.O=S(=O)(O)O. The fraction of sp³-hybridized carbons (Fsp3) is 0.429. The Hall–Kier alpha value is -2.09. The molecule has 0 amide bonds. The molecule has 0 spiro atoms. The summed E-state index contributed by atoms with van der Waals surface area (Å²) >= 11 is 0. The topological polar surface area (TPSA) is 81.1 Å². The molecule has 0 aliphatic rings. The normalized spacial score (nSPS) is 10.8. The van der Waals surface area contributed by atoms with Crippen LogP contribution in [0.2, 0.25) is 0 Å². The van der Waals surface area contributed by atoms with Crippen LogP contribution in [0.4, 0.5) is 11.4 Å². The van der Waals surface area contributed by atoms with Crippen LogP contribution in [0.15, 0.2) is 48.5 Å². The van der Waals surface area contributed by atoms with Crippen LogP contribution in [0.3, 0.4) is 0 Å². The fourth-order valence-corrected chi connectivity index (χ4v) is 3.06. The third-order valence-corrected chi connectivity index (χ3v) is 4.54. The molecule has 0 fully saturated rings. The van der Waals surface area contributed by atoms with Gasteiger partial charge in [0.1, 0.15) is 0 Å². The first-order valence-corrected chi connectivity index (χ1v) is 11.0. The van der Waals surface area contributed by atoms with Crippen molar-refractivity contribution in [1.29, 1.82) is 0 Å². The monoisotopic (exact) mass is 408 g/mol. The van der Waals surface area contributed by atoms with Gasteiger partial charge in [0.2, 0.25) is 0 Å². The number of anilines is 2. The van der Waals surface area contributed by atoms with Gasteiger partial charge >= 0.3 is 10.4 Å². The van der Waals surface area contributed by atoms with Crippen LogP contribution in [-0.2, 0) is 16.8 Å². The Kier molecular flexibility index (Phi) is 9.99. The molecule has 0 saturated carbocycles. The lowest BCUT2D eigenvalue weighted by Gasteiger charge is -2.21. The summed E-state index contributed by atoms with van der Waals surface area (Å²) < 4.78 is 31.6. The molecule has 156 valence electrons. The molecule has 2 N–H and O–H groups in total. The van der Waals surface area contributed by atoms with Gasteiger partial charge in [-0.05, 0) is 69.5 Å². The summed E-state index contributed by atoms with van der Waals surface area (Å²) in [7, 11) is -4.67. The van der Waals surface area contributed by atoms with Gasteiger partial charge in [-0.3, -0.25) is 9.11 Å². The van der Waals surface area contributed by atoms with Crippen LogP contribution >= 0.6 is 0 Å². The van der Waals surface area contributed by atoms with E-state index in [2.05, 4.69) is 86.0 Å². The van der Waals surface area contributed by atoms with Crippen molar-refractivity contribution in [3.05, 3.63) is 59.7 Å². The van der Waals surface area contributed by atoms with Gasteiger partial charge in [-0.2, -0.15) is 8.42 Å². The van der Waals surface area contributed by atoms with Crippen LogP contribution in [-0.4, -0.2) is 43.7 Å². The molecule has 2 aromatic carbocycles. The minimum atomic E-state index is -4.67. The zero-order chi connectivity index (χ0) is 21.2. The van der Waals surface area contributed by atoms with Crippen molar-refractivity contribution < 1.29 is 17.5 Å². The summed E-state index contributed by atoms with van der Waals surface area (Å²) in [5.74, 6) is 0. The van der Waals surface area contributed by atoms with E-state index in [4.69, 9.17) is 17.5 Å². The summed E-state index contributed by atoms with van der Waals surface area (Å²) in [6, 6.07) is 18.0. The molecule has 2 rings (SSSR count). The predicted molar refractivity (Wildman–Crippen MR) is 117 cm³/mol. The maximum absolute atomic E-state index is 8.74. The first kappa shape index (κ1) is 23.9. The lowest BCUT2D eigenvalue weighted by atomic mass is 10.0. The Labute approximate surface area is 169 Å². The van der Waals surface area contributed by atoms with Crippen LogP contribution in [0.25, 0.3) is 0 Å². The Balaban J connectivity index is 0.000000696. The molecule has 0 aromatic heterocycles. The summed E-state index contributed by atoms with van der Waals surface area (Å²) in [6.07, 6.45) is 0.997. The van der Waals surface area contributed by atoms with Crippen molar-refractivity contribution in [3.63, 3.8) is 0 Å². The molecule has 0 aliphatic heterocycles. The molecule has 0 radical (unpaired) electrons. The van der Waals surface area contributed by atoms with E-state index in [1.54, 1.807) is 0 Å². The van der Waals surface area contributed by atoms with E-state index in [0.29, 0.717) is 0 Å². The number of nitrogens with zero attached hydrogens (tertiary/aromatic N) is 2. The molecule has 6 nitrogen and oxygen atoms in total. The summed E-state index contributed by atoms with van der Waals surface area (Å²) in [6.45, 7) is 13.0. The largest absolute Gasteiger partial charge is 0.394 e. The van der Waals surface area contributed by atoms with Crippen molar-refractivity contribution in [2.45, 2.75) is 34.1 Å². The maximum Gasteiger partial charge on any atom is 0.394 e. The quantitative estimate of drug-likeness (QED) is 0.633. The van der Waals surface area contributed by atoms with Crippen LogP contribution in [0, 0.1) is 0 Å². The number of hydrogen-bond acceptors (Lipinski definition) is 4. The summed E-state index contributed by atoms with van der Waals surface area (Å²) in [4.78, 5) is 4.76. The van der Waals surface area contributed by atoms with Crippen molar-refractivity contribution in [2.24, 2.45) is 0 Å². The first-order chi connectivity index (χ1) is 13.2. The number of benzene rings is 2. The Morgan fingerprint density at radius 1 is 0.643 bits per heavy atom. The van der Waals surface area contributed by atoms with Gasteiger partial charge in [0.25, 0.3) is 0 Å². The average molecular weight is 409 g/mol. The van der Waals surface area contributed by atoms with Gasteiger partial charge in [0.15, 0.2) is 0 Å². The standard InChI is InChI=1S/C21H30N2.H2O4S/c1-5-22(6-2)20-13-9-18(10-14-20)17-19-11-15-21(16-12-19)23(7-3)8-4;1-5(2,3)4/h9-16H,5-8,17H2,1-4H3;(H2,1,2,3,4). The lowest BCUT2D eigenvalue weighted by Crippen LogP contribution is -2.21. The zero-order valence-electron chi connectivity index (χ0n) is 17.2. The highest BCUT2D eigenvalue weighted by Gasteiger charge is 2.04. The first-order valence-electron chi connectivity index (χ1n) is 9.59. The average Bonchev–Trinajstić information content (AvgIpc) is 2.65. The molecule has 0 saturated heterocycles. The van der Waals surface area contributed by atoms with Gasteiger partial charge in [-0.25, -0.2) is 0 Å². The fourth-order valence-electron chi connectivity index (χ4n) is 3.06. The highest BCUT2D eigenvalue weighted by molar-refractivity contribution is 7.79. The van der Waals surface area contributed by atoms with Gasteiger partial charge in [-0.1, -0.05) is 24.3 Å². The third-order valence-electron chi connectivity index (χ3n) is 4.54. The Bertz CT molecular complexity index is 721. The second-order valence-corrected chi connectivity index (χ2v) is 7.20. The van der Waals surface area contributed by atoms with Crippen molar-refractivity contribution >= 4 is 21.8 Å². The summed E-state index contributed by atoms with van der Waals surface area (Å²) in [5.41, 5.74) is 5.37. The van der Waals surface area contributed by atoms with Gasteiger partial charge in [0, 0.05) is 37.6 Å². The van der Waals surface area contributed by atoms with Crippen LogP contribution in [0.1, 0.15) is 38.8 Å². The highest BCUT2D eigenvalue weighted by Crippen LogP contribution is 2.19. The summed E-state index contributed by atoms with van der Waals surface area (Å²) in [5, 5.41) is 0. The number of rotatable bonds is 8. The number of hydrogen-bond donors (Lipinski definition) is 2. The van der Waals surface area contributed by atoms with Gasteiger partial charge in [0.05, 0.1) is 0 Å². The van der Waals surface area contributed by atoms with E-state index in [9.17, 15) is 0 Å². The molecule has 0 aliphatic carbocycles. The minimum Gasteiger partial charge on any atom is -0.372 e. The Morgan fingerprint density at radius 2 is 0.893 bits per heavy atom. The molecule has 2 aromatic rings. The molecule has 0 heterocycles. The molecule has 0 unspecified atom stereocenters. The lowest BCUT2D eigenvalue weighted by molar-refractivity contribution is 0.381. The molecular formula is C21H32N2O4S. The van der Waals surface area contributed by atoms with Crippen LogP contribution < -0.4 is 9.80 Å². The predicted octanol–water partition coefficient (Wildman–Crippen LogP) is 4.32. The third kappa shape index (κ3) is 8.73. The van der Waals surface area contributed by atoms with Crippen molar-refractivity contribution in [2.75, 3.05) is 36.0 Å². The van der Waals surface area contributed by atoms with Crippen LogP contribution in [0.5, 0.6) is 0 Å². The van der Waals surface area contributed by atoms with Gasteiger partial charge < -0.3 is 9.80 Å². The molecule has 28 heavy (non-hydrogen) atoms. The van der Waals surface area contributed by atoms with E-state index in [0.717, 1.165) is 32.6 Å². The second kappa shape index (κ2) is 11.7. The van der Waals surface area contributed by atoms with Crippen molar-refractivity contribution in [1.82, 2.24) is 0 Å². The van der Waals surface area contributed by atoms with E-state index in [1.165, 1.54) is 22.5 Å². The second-order valence-electron chi connectivity index (χ2n) is 6.30. The molecule has 0 atom stereocenters. The highest BCUT2D eigenvalue weighted by atomic mass is 32.3. The van der Waals surface area contributed by atoms with E-state index >= 15 is 0 Å². The van der Waals surface area contributed by atoms with E-state index in [-0.39, 0.29) is 0 Å². The maximum atomic E-state index is 8.74.